The molecule has 6 heteroatoms. The van der Waals surface area contributed by atoms with Crippen LogP contribution in [0, 0.1) is 6.92 Å². The third-order valence-electron chi connectivity index (χ3n) is 3.28. The molecule has 0 aromatic carbocycles. The first-order chi connectivity index (χ1) is 9.83. The van der Waals surface area contributed by atoms with Crippen LogP contribution in [0.2, 0.25) is 0 Å². The third-order valence-corrected chi connectivity index (χ3v) is 4.30. The van der Waals surface area contributed by atoms with E-state index in [1.807, 2.05) is 13.8 Å². The minimum Gasteiger partial charge on any atom is -0.481 e. The summed E-state index contributed by atoms with van der Waals surface area (Å²) < 4.78 is 0. The van der Waals surface area contributed by atoms with Crippen LogP contribution in [0.15, 0.2) is 12.1 Å². The van der Waals surface area contributed by atoms with Crippen LogP contribution in [0.25, 0.3) is 0 Å². The number of nitrogens with zero attached hydrogens (tertiary/aromatic N) is 1. The zero-order chi connectivity index (χ0) is 16.0. The van der Waals surface area contributed by atoms with Gasteiger partial charge in [0.1, 0.15) is 0 Å². The molecule has 0 fully saturated rings. The standard InChI is InChI=1S/C15H24N2O3S/c1-5-17(11(3)9-14(18)19)15(20)16-10(2)8-13-7-6-12(4)21-13/h6-7,10-11H,5,8-9H2,1-4H3,(H,16,20)(H,18,19). The fourth-order valence-electron chi connectivity index (χ4n) is 2.26. The smallest absolute Gasteiger partial charge is 0.317 e. The first-order valence-corrected chi connectivity index (χ1v) is 7.99. The second-order valence-electron chi connectivity index (χ2n) is 5.30. The first kappa shape index (κ1) is 17.5. The maximum atomic E-state index is 12.2. The summed E-state index contributed by atoms with van der Waals surface area (Å²) in [6.07, 6.45) is 0.745. The quantitative estimate of drug-likeness (QED) is 0.813. The molecule has 2 amide bonds. The second-order valence-corrected chi connectivity index (χ2v) is 6.67. The molecule has 0 aliphatic heterocycles. The third kappa shape index (κ3) is 5.75. The Kier molecular flexibility index (Phi) is 6.68. The Morgan fingerprint density at radius 3 is 2.52 bits per heavy atom. The Hall–Kier alpha value is -1.56. The van der Waals surface area contributed by atoms with Crippen LogP contribution in [0.3, 0.4) is 0 Å². The van der Waals surface area contributed by atoms with Crippen molar-refractivity contribution >= 4 is 23.3 Å². The summed E-state index contributed by atoms with van der Waals surface area (Å²) in [4.78, 5) is 27.0. The Labute approximate surface area is 130 Å². The maximum Gasteiger partial charge on any atom is 0.317 e. The van der Waals surface area contributed by atoms with Gasteiger partial charge in [-0.25, -0.2) is 4.79 Å². The number of aryl methyl sites for hydroxylation is 1. The molecule has 0 bridgehead atoms. The molecule has 5 nitrogen and oxygen atoms in total. The molecule has 0 aliphatic carbocycles. The summed E-state index contributed by atoms with van der Waals surface area (Å²) in [5.74, 6) is -0.893. The van der Waals surface area contributed by atoms with Gasteiger partial charge in [0.15, 0.2) is 0 Å². The minimum absolute atomic E-state index is 0.0154. The molecule has 1 aromatic heterocycles. The van der Waals surface area contributed by atoms with Crippen molar-refractivity contribution in [3.63, 3.8) is 0 Å². The van der Waals surface area contributed by atoms with Crippen molar-refractivity contribution in [3.8, 4) is 0 Å². The second kappa shape index (κ2) is 8.02. The van der Waals surface area contributed by atoms with E-state index in [2.05, 4.69) is 24.4 Å². The fourth-order valence-corrected chi connectivity index (χ4v) is 3.28. The molecule has 0 aliphatic rings. The molecule has 0 spiro atoms. The van der Waals surface area contributed by atoms with Crippen molar-refractivity contribution in [1.82, 2.24) is 10.2 Å². The van der Waals surface area contributed by atoms with Crippen LogP contribution in [0.1, 0.15) is 36.9 Å². The van der Waals surface area contributed by atoms with Gasteiger partial charge in [0.05, 0.1) is 6.42 Å². The van der Waals surface area contributed by atoms with Crippen LogP contribution in [-0.2, 0) is 11.2 Å². The van der Waals surface area contributed by atoms with Crippen molar-refractivity contribution in [1.29, 1.82) is 0 Å². The number of carboxylic acids is 1. The molecular formula is C15H24N2O3S. The van der Waals surface area contributed by atoms with Crippen molar-refractivity contribution in [2.75, 3.05) is 6.54 Å². The normalized spacial score (nSPS) is 13.5. The highest BCUT2D eigenvalue weighted by Crippen LogP contribution is 2.17. The fraction of sp³-hybridized carbons (Fsp3) is 0.600. The number of carboxylic acid groups (broad SMARTS) is 1. The number of carbonyl (C=O) groups excluding carboxylic acids is 1. The lowest BCUT2D eigenvalue weighted by molar-refractivity contribution is -0.138. The zero-order valence-corrected chi connectivity index (χ0v) is 13.9. The molecule has 1 heterocycles. The van der Waals surface area contributed by atoms with Crippen molar-refractivity contribution in [2.45, 2.75) is 52.6 Å². The van der Waals surface area contributed by atoms with Gasteiger partial charge >= 0.3 is 12.0 Å². The first-order valence-electron chi connectivity index (χ1n) is 7.17. The monoisotopic (exact) mass is 312 g/mol. The van der Waals surface area contributed by atoms with E-state index >= 15 is 0 Å². The van der Waals surface area contributed by atoms with Crippen LogP contribution in [0.5, 0.6) is 0 Å². The number of urea groups is 1. The minimum atomic E-state index is -0.893. The molecular weight excluding hydrogens is 288 g/mol. The van der Waals surface area contributed by atoms with Gasteiger partial charge in [0, 0.05) is 34.8 Å². The summed E-state index contributed by atoms with van der Waals surface area (Å²) in [5, 5.41) is 11.8. The number of amides is 2. The van der Waals surface area contributed by atoms with E-state index in [-0.39, 0.29) is 24.5 Å². The van der Waals surface area contributed by atoms with E-state index in [9.17, 15) is 9.59 Å². The van der Waals surface area contributed by atoms with E-state index in [0.29, 0.717) is 6.54 Å². The van der Waals surface area contributed by atoms with Gasteiger partial charge in [-0.1, -0.05) is 0 Å². The van der Waals surface area contributed by atoms with Crippen molar-refractivity contribution in [2.24, 2.45) is 0 Å². The number of hydrogen-bond acceptors (Lipinski definition) is 3. The summed E-state index contributed by atoms with van der Waals surface area (Å²) >= 11 is 1.73. The Balaban J connectivity index is 2.54. The van der Waals surface area contributed by atoms with Gasteiger partial charge in [-0.05, 0) is 39.8 Å². The molecule has 1 rings (SSSR count). The zero-order valence-electron chi connectivity index (χ0n) is 13.0. The number of rotatable bonds is 7. The van der Waals surface area contributed by atoms with Crippen LogP contribution in [0.4, 0.5) is 4.79 Å². The van der Waals surface area contributed by atoms with Crippen molar-refractivity contribution in [3.05, 3.63) is 21.9 Å². The predicted molar refractivity (Wildman–Crippen MR) is 84.8 cm³/mol. The average Bonchev–Trinajstić information content (AvgIpc) is 2.74. The number of thiophene rings is 1. The number of hydrogen-bond donors (Lipinski definition) is 2. The lowest BCUT2D eigenvalue weighted by Gasteiger charge is -2.28. The predicted octanol–water partition coefficient (Wildman–Crippen LogP) is 2.88. The number of carbonyl (C=O) groups is 2. The van der Waals surface area contributed by atoms with Crippen LogP contribution >= 0.6 is 11.3 Å². The highest BCUT2D eigenvalue weighted by atomic mass is 32.1. The maximum absolute atomic E-state index is 12.2. The molecule has 2 atom stereocenters. The molecule has 0 saturated carbocycles. The summed E-state index contributed by atoms with van der Waals surface area (Å²) in [7, 11) is 0. The molecule has 118 valence electrons. The van der Waals surface area contributed by atoms with Gasteiger partial charge in [-0.15, -0.1) is 11.3 Å². The summed E-state index contributed by atoms with van der Waals surface area (Å²) in [6, 6.07) is 3.65. The van der Waals surface area contributed by atoms with Gasteiger partial charge in [0.2, 0.25) is 0 Å². The molecule has 0 saturated heterocycles. The van der Waals surface area contributed by atoms with E-state index in [4.69, 9.17) is 5.11 Å². The van der Waals surface area contributed by atoms with Crippen molar-refractivity contribution < 1.29 is 14.7 Å². The van der Waals surface area contributed by atoms with E-state index in [1.165, 1.54) is 9.75 Å². The SMILES string of the molecule is CCN(C(=O)NC(C)Cc1ccc(C)s1)C(C)CC(=O)O. The largest absolute Gasteiger partial charge is 0.481 e. The van der Waals surface area contributed by atoms with Gasteiger partial charge in [-0.2, -0.15) is 0 Å². The molecule has 21 heavy (non-hydrogen) atoms. The topological polar surface area (TPSA) is 69.6 Å². The highest BCUT2D eigenvalue weighted by Gasteiger charge is 2.21. The summed E-state index contributed by atoms with van der Waals surface area (Å²) in [6.45, 7) is 8.12. The lowest BCUT2D eigenvalue weighted by Crippen LogP contribution is -2.48. The van der Waals surface area contributed by atoms with Gasteiger partial charge < -0.3 is 15.3 Å². The molecule has 1 aromatic rings. The van der Waals surface area contributed by atoms with E-state index in [0.717, 1.165) is 6.42 Å². The number of nitrogens with one attached hydrogen (secondary N) is 1. The number of aliphatic carboxylic acids is 1. The van der Waals surface area contributed by atoms with Crippen LogP contribution in [-0.4, -0.2) is 40.6 Å². The Morgan fingerprint density at radius 1 is 1.38 bits per heavy atom. The highest BCUT2D eigenvalue weighted by molar-refractivity contribution is 7.11. The molecule has 2 N–H and O–H groups in total. The summed E-state index contributed by atoms with van der Waals surface area (Å²) in [5.41, 5.74) is 0. The van der Waals surface area contributed by atoms with Crippen LogP contribution < -0.4 is 5.32 Å². The average molecular weight is 312 g/mol. The van der Waals surface area contributed by atoms with E-state index in [1.54, 1.807) is 23.2 Å². The van der Waals surface area contributed by atoms with E-state index < -0.39 is 5.97 Å². The van der Waals surface area contributed by atoms with Gasteiger partial charge in [-0.3, -0.25) is 4.79 Å². The lowest BCUT2D eigenvalue weighted by atomic mass is 10.2. The Morgan fingerprint density at radius 2 is 2.05 bits per heavy atom. The van der Waals surface area contributed by atoms with Gasteiger partial charge in [0.25, 0.3) is 0 Å². The molecule has 2 unspecified atom stereocenters. The molecule has 0 radical (unpaired) electrons. The Bertz CT molecular complexity index is 487.